The van der Waals surface area contributed by atoms with Crippen molar-refractivity contribution in [2.24, 2.45) is 0 Å². The van der Waals surface area contributed by atoms with E-state index in [4.69, 9.17) is 25.8 Å². The zero-order valence-corrected chi connectivity index (χ0v) is 27.5. The highest BCUT2D eigenvalue weighted by Crippen LogP contribution is 2.36. The molecular weight excluding hydrogens is 692 g/mol. The van der Waals surface area contributed by atoms with Crippen LogP contribution in [0, 0.1) is 11.6 Å². The fourth-order valence-corrected chi connectivity index (χ4v) is 5.90. The number of carbonyl (C=O) groups excluding carboxylic acids is 3. The maximum Gasteiger partial charge on any atom is 0.407 e. The third kappa shape index (κ3) is 9.93. The second-order valence-corrected chi connectivity index (χ2v) is 12.5. The third-order valence-corrected chi connectivity index (χ3v) is 8.72. The number of thiophene rings is 1. The summed E-state index contributed by atoms with van der Waals surface area (Å²) in [6.45, 7) is -0.195. The van der Waals surface area contributed by atoms with Gasteiger partial charge >= 0.3 is 12.1 Å². The van der Waals surface area contributed by atoms with Crippen LogP contribution in [-0.2, 0) is 36.8 Å². The Morgan fingerprint density at radius 1 is 1.08 bits per heavy atom. The smallest absolute Gasteiger partial charge is 0.407 e. The summed E-state index contributed by atoms with van der Waals surface area (Å²) in [7, 11) is 0. The van der Waals surface area contributed by atoms with Gasteiger partial charge in [-0.3, -0.25) is 9.59 Å². The number of aliphatic hydroxyl groups excluding tert-OH is 2. The van der Waals surface area contributed by atoms with Crippen LogP contribution in [0.5, 0.6) is 0 Å². The van der Waals surface area contributed by atoms with Crippen LogP contribution in [0.4, 0.5) is 13.6 Å². The Hall–Kier alpha value is -4.19. The monoisotopic (exact) mass is 725 g/mol. The molecule has 0 spiro atoms. The molecule has 1 aliphatic heterocycles. The number of halogens is 3. The Bertz CT molecular complexity index is 1620. The molecule has 3 amide bonds. The number of hydrogen-bond donors (Lipinski definition) is 6. The Labute approximate surface area is 288 Å². The van der Waals surface area contributed by atoms with Gasteiger partial charge in [-0.25, -0.2) is 18.4 Å². The first-order valence-electron chi connectivity index (χ1n) is 14.9. The van der Waals surface area contributed by atoms with E-state index in [0.29, 0.717) is 11.4 Å². The summed E-state index contributed by atoms with van der Waals surface area (Å²) < 4.78 is 45.3. The average molecular weight is 726 g/mol. The number of carbonyl (C=O) groups is 4. The molecule has 1 fully saturated rings. The van der Waals surface area contributed by atoms with Gasteiger partial charge in [-0.2, -0.15) is 0 Å². The zero-order valence-electron chi connectivity index (χ0n) is 25.9. The molecule has 0 unspecified atom stereocenters. The molecule has 17 heteroatoms. The highest BCUT2D eigenvalue weighted by molar-refractivity contribution is 7.09. The summed E-state index contributed by atoms with van der Waals surface area (Å²) in [4.78, 5) is 51.6. The number of ether oxygens (including phenoxy) is 3. The molecule has 2 aromatic carbocycles. The van der Waals surface area contributed by atoms with Crippen LogP contribution >= 0.6 is 22.9 Å². The molecular formula is C32H34ClF2N3O10S. The van der Waals surface area contributed by atoms with Crippen molar-refractivity contribution in [1.82, 2.24) is 16.0 Å². The second-order valence-electron chi connectivity index (χ2n) is 11.0. The number of aliphatic hydroxyl groups is 2. The maximum atomic E-state index is 14.5. The molecule has 4 rings (SSSR count). The molecule has 0 saturated carbocycles. The van der Waals surface area contributed by atoms with Crippen molar-refractivity contribution in [3.63, 3.8) is 0 Å². The normalized spacial score (nSPS) is 21.6. The van der Waals surface area contributed by atoms with Crippen molar-refractivity contribution in [2.75, 3.05) is 13.1 Å². The van der Waals surface area contributed by atoms with Crippen molar-refractivity contribution >= 4 is 46.8 Å². The Kier molecular flexibility index (Phi) is 13.0. The van der Waals surface area contributed by atoms with Crippen LogP contribution in [0.1, 0.15) is 34.1 Å². The zero-order chi connectivity index (χ0) is 35.7. The lowest BCUT2D eigenvalue weighted by Crippen LogP contribution is -2.68. The van der Waals surface area contributed by atoms with Crippen LogP contribution in [0.25, 0.3) is 0 Å². The Morgan fingerprint density at radius 3 is 2.47 bits per heavy atom. The van der Waals surface area contributed by atoms with Gasteiger partial charge in [0.15, 0.2) is 11.6 Å². The van der Waals surface area contributed by atoms with Crippen LogP contribution in [-0.4, -0.2) is 88.5 Å². The number of carboxylic acid groups (broad SMARTS) is 1. The molecule has 13 nitrogen and oxygen atoms in total. The summed E-state index contributed by atoms with van der Waals surface area (Å²) in [5.41, 5.74) is -0.198. The first-order valence-corrected chi connectivity index (χ1v) is 16.2. The van der Waals surface area contributed by atoms with E-state index in [-0.39, 0.29) is 17.7 Å². The lowest BCUT2D eigenvalue weighted by atomic mass is 9.88. The highest BCUT2D eigenvalue weighted by atomic mass is 35.5. The van der Waals surface area contributed by atoms with E-state index in [1.807, 2.05) is 17.5 Å². The molecule has 0 radical (unpaired) electrons. The van der Waals surface area contributed by atoms with Gasteiger partial charge in [-0.15, -0.1) is 11.3 Å². The third-order valence-electron chi connectivity index (χ3n) is 7.53. The molecule has 1 saturated heterocycles. The van der Waals surface area contributed by atoms with Gasteiger partial charge in [-0.1, -0.05) is 29.8 Å². The second kappa shape index (κ2) is 17.0. The van der Waals surface area contributed by atoms with Crippen molar-refractivity contribution in [3.05, 3.63) is 92.6 Å². The maximum absolute atomic E-state index is 14.5. The number of aliphatic carboxylic acids is 1. The molecule has 1 aromatic heterocycles. The summed E-state index contributed by atoms with van der Waals surface area (Å²) in [6, 6.07) is 11.2. The number of alkyl carbamates (subject to hydrolysis) is 1. The van der Waals surface area contributed by atoms with Gasteiger partial charge in [0.05, 0.1) is 25.2 Å². The van der Waals surface area contributed by atoms with Gasteiger partial charge in [-0.05, 0) is 48.2 Å². The van der Waals surface area contributed by atoms with Crippen LogP contribution < -0.4 is 16.0 Å². The topological polar surface area (TPSA) is 193 Å². The lowest BCUT2D eigenvalue weighted by molar-refractivity contribution is -0.313. The minimum atomic E-state index is -2.78. The standard InChI is InChI=1S/C32H34ClF2N3O10S/c1-17(39)38-26-24(47-31(45)36-12-11-21-5-3-13-49-21)14-32(30(43)44,46-16-19-4-2-6-22(34)25(19)35)48-28(26)27(41)23(40)15-37-29(42)18-7-9-20(33)10-8-18/h2-10,13,23-24,26-28,40-41H,11-12,14-16H2,1H3,(H,36,45)(H,37,42)(H,38,39)(H,43,44)/t23-,24+,26-,27-,28-,32-/m1/s1. The van der Waals surface area contributed by atoms with Gasteiger partial charge < -0.3 is 45.5 Å². The van der Waals surface area contributed by atoms with Crippen molar-refractivity contribution in [3.8, 4) is 0 Å². The molecule has 1 aliphatic rings. The molecule has 0 aliphatic carbocycles. The van der Waals surface area contributed by atoms with Gasteiger partial charge in [0, 0.05) is 41.0 Å². The van der Waals surface area contributed by atoms with Gasteiger partial charge in [0.1, 0.15) is 18.3 Å². The van der Waals surface area contributed by atoms with Crippen LogP contribution in [0.15, 0.2) is 60.0 Å². The molecule has 0 bridgehead atoms. The molecule has 49 heavy (non-hydrogen) atoms. The van der Waals surface area contributed by atoms with Gasteiger partial charge in [0.25, 0.3) is 11.7 Å². The molecule has 6 atom stereocenters. The summed E-state index contributed by atoms with van der Waals surface area (Å²) in [6.07, 6.45) is -8.70. The predicted molar refractivity (Wildman–Crippen MR) is 171 cm³/mol. The first-order chi connectivity index (χ1) is 23.3. The van der Waals surface area contributed by atoms with E-state index < -0.39 is 91.3 Å². The summed E-state index contributed by atoms with van der Waals surface area (Å²) in [5.74, 6) is -8.47. The van der Waals surface area contributed by atoms with Crippen LogP contribution in [0.2, 0.25) is 5.02 Å². The Balaban J connectivity index is 1.60. The minimum Gasteiger partial charge on any atom is -0.477 e. The number of amides is 3. The number of rotatable bonds is 14. The van der Waals surface area contributed by atoms with E-state index in [2.05, 4.69) is 16.0 Å². The van der Waals surface area contributed by atoms with E-state index in [1.54, 1.807) is 0 Å². The molecule has 6 N–H and O–H groups in total. The first kappa shape index (κ1) is 37.6. The van der Waals surface area contributed by atoms with E-state index in [1.165, 1.54) is 41.7 Å². The van der Waals surface area contributed by atoms with Crippen molar-refractivity contribution < 1.29 is 57.5 Å². The van der Waals surface area contributed by atoms with Crippen molar-refractivity contribution in [1.29, 1.82) is 0 Å². The summed E-state index contributed by atoms with van der Waals surface area (Å²) >= 11 is 7.32. The molecule has 264 valence electrons. The fraction of sp³-hybridized carbons (Fsp3) is 0.375. The summed E-state index contributed by atoms with van der Waals surface area (Å²) in [5, 5.41) is 42.3. The average Bonchev–Trinajstić information content (AvgIpc) is 3.58. The van der Waals surface area contributed by atoms with E-state index in [9.17, 15) is 43.3 Å². The number of hydrogen-bond acceptors (Lipinski definition) is 10. The van der Waals surface area contributed by atoms with E-state index in [0.717, 1.165) is 23.9 Å². The van der Waals surface area contributed by atoms with Crippen LogP contribution in [0.3, 0.4) is 0 Å². The fourth-order valence-electron chi connectivity index (χ4n) is 5.06. The lowest BCUT2D eigenvalue weighted by Gasteiger charge is -2.47. The Morgan fingerprint density at radius 2 is 1.82 bits per heavy atom. The predicted octanol–water partition coefficient (Wildman–Crippen LogP) is 2.76. The minimum absolute atomic E-state index is 0.130. The van der Waals surface area contributed by atoms with Gasteiger partial charge in [0.2, 0.25) is 5.91 Å². The largest absolute Gasteiger partial charge is 0.477 e. The quantitative estimate of drug-likeness (QED) is 0.144. The van der Waals surface area contributed by atoms with E-state index >= 15 is 0 Å². The number of benzene rings is 2. The highest BCUT2D eigenvalue weighted by Gasteiger charge is 2.57. The number of nitrogens with one attached hydrogen (secondary N) is 3. The molecule has 2 heterocycles. The molecule has 3 aromatic rings. The van der Waals surface area contributed by atoms with Crippen molar-refractivity contribution in [2.45, 2.75) is 62.6 Å². The number of carboxylic acids is 1. The SMILES string of the molecule is CC(=O)N[C@H]1[C@H]([C@H](O)[C@H](O)CNC(=O)c2ccc(Cl)cc2)O[C@@](OCc2cccc(F)c2F)(C(=O)O)C[C@@H]1OC(=O)NCCc1cccs1.